The number of benzene rings is 1. The van der Waals surface area contributed by atoms with E-state index in [2.05, 4.69) is 5.32 Å². The number of aryl methyl sites for hydroxylation is 1. The van der Waals surface area contributed by atoms with Crippen molar-refractivity contribution in [3.63, 3.8) is 0 Å². The standard InChI is InChI=1S/C19H22N2O6S2/c1-13-2-8-17(28-13)16(22)7-9-19(24)27-12-18(23)21-11-10-14-3-5-15(6-4-14)29(20,25)26/h2-6,8H,7,9-12H2,1H3,(H,21,23)(H2,20,25,26). The number of nitrogens with two attached hydrogens (primary N) is 1. The molecule has 1 aromatic heterocycles. The maximum absolute atomic E-state index is 11.9. The lowest BCUT2D eigenvalue weighted by atomic mass is 10.1. The molecule has 0 fully saturated rings. The zero-order valence-corrected chi connectivity index (χ0v) is 17.5. The lowest BCUT2D eigenvalue weighted by molar-refractivity contribution is -0.148. The van der Waals surface area contributed by atoms with Crippen LogP contribution >= 0.6 is 11.3 Å². The van der Waals surface area contributed by atoms with E-state index in [0.717, 1.165) is 10.4 Å². The van der Waals surface area contributed by atoms with Gasteiger partial charge in [0.1, 0.15) is 0 Å². The van der Waals surface area contributed by atoms with Crippen molar-refractivity contribution >= 4 is 39.0 Å². The Balaban J connectivity index is 1.64. The molecule has 0 atom stereocenters. The highest BCUT2D eigenvalue weighted by Gasteiger charge is 2.13. The van der Waals surface area contributed by atoms with E-state index in [9.17, 15) is 22.8 Å². The number of ketones is 1. The summed E-state index contributed by atoms with van der Waals surface area (Å²) < 4.78 is 27.3. The van der Waals surface area contributed by atoms with Gasteiger partial charge in [-0.15, -0.1) is 11.3 Å². The van der Waals surface area contributed by atoms with Gasteiger partial charge in [-0.05, 0) is 43.2 Å². The minimum atomic E-state index is -3.73. The van der Waals surface area contributed by atoms with Crippen molar-refractivity contribution in [2.45, 2.75) is 31.1 Å². The van der Waals surface area contributed by atoms with Gasteiger partial charge in [-0.3, -0.25) is 14.4 Å². The molecule has 1 amide bonds. The molecule has 0 aliphatic rings. The van der Waals surface area contributed by atoms with Gasteiger partial charge < -0.3 is 10.1 Å². The Kier molecular flexibility index (Phi) is 8.06. The number of carbonyl (C=O) groups excluding carboxylic acids is 3. The number of hydrogen-bond donors (Lipinski definition) is 2. The first-order chi connectivity index (χ1) is 13.6. The van der Waals surface area contributed by atoms with E-state index in [1.54, 1.807) is 18.2 Å². The van der Waals surface area contributed by atoms with Gasteiger partial charge in [0.25, 0.3) is 5.91 Å². The molecule has 1 heterocycles. The van der Waals surface area contributed by atoms with Crippen LogP contribution in [-0.4, -0.2) is 39.2 Å². The van der Waals surface area contributed by atoms with Crippen molar-refractivity contribution in [1.29, 1.82) is 0 Å². The number of esters is 1. The van der Waals surface area contributed by atoms with Crippen LogP contribution in [0, 0.1) is 6.92 Å². The second kappa shape index (κ2) is 10.3. The number of amides is 1. The molecule has 0 saturated carbocycles. The van der Waals surface area contributed by atoms with Gasteiger partial charge in [0.05, 0.1) is 16.2 Å². The first-order valence-electron chi connectivity index (χ1n) is 8.79. The predicted octanol–water partition coefficient (Wildman–Crippen LogP) is 1.57. The van der Waals surface area contributed by atoms with Gasteiger partial charge in [0, 0.05) is 17.8 Å². The Morgan fingerprint density at radius 1 is 1.07 bits per heavy atom. The third kappa shape index (κ3) is 7.76. The SMILES string of the molecule is Cc1ccc(C(=O)CCC(=O)OCC(=O)NCCc2ccc(S(N)(=O)=O)cc2)s1. The summed E-state index contributed by atoms with van der Waals surface area (Å²) in [5, 5.41) is 7.63. The number of hydrogen-bond acceptors (Lipinski definition) is 7. The van der Waals surface area contributed by atoms with Crippen molar-refractivity contribution in [1.82, 2.24) is 5.32 Å². The number of thiophene rings is 1. The Morgan fingerprint density at radius 2 is 1.76 bits per heavy atom. The molecule has 2 aromatic rings. The van der Waals surface area contributed by atoms with Crippen molar-refractivity contribution in [2.24, 2.45) is 5.14 Å². The maximum Gasteiger partial charge on any atom is 0.306 e. The van der Waals surface area contributed by atoms with Crippen LogP contribution in [0.25, 0.3) is 0 Å². The van der Waals surface area contributed by atoms with Crippen molar-refractivity contribution in [3.8, 4) is 0 Å². The Bertz CT molecular complexity index is 980. The van der Waals surface area contributed by atoms with E-state index in [0.29, 0.717) is 17.8 Å². The molecule has 0 aliphatic carbocycles. The van der Waals surface area contributed by atoms with Gasteiger partial charge >= 0.3 is 5.97 Å². The monoisotopic (exact) mass is 438 g/mol. The topological polar surface area (TPSA) is 133 Å². The second-order valence-corrected chi connectivity index (χ2v) is 9.13. The van der Waals surface area contributed by atoms with Gasteiger partial charge in [0.2, 0.25) is 10.0 Å². The molecule has 156 valence electrons. The average Bonchev–Trinajstić information content (AvgIpc) is 3.10. The lowest BCUT2D eigenvalue weighted by Gasteiger charge is -2.07. The Morgan fingerprint density at radius 3 is 2.34 bits per heavy atom. The summed E-state index contributed by atoms with van der Waals surface area (Å²) in [6, 6.07) is 9.58. The van der Waals surface area contributed by atoms with Crippen molar-refractivity contribution in [3.05, 3.63) is 51.7 Å². The molecular weight excluding hydrogens is 416 g/mol. The summed E-state index contributed by atoms with van der Waals surface area (Å²) in [6.07, 6.45) is 0.424. The molecule has 0 spiro atoms. The summed E-state index contributed by atoms with van der Waals surface area (Å²) in [5.74, 6) is -1.20. The highest BCUT2D eigenvalue weighted by molar-refractivity contribution is 7.89. The number of carbonyl (C=O) groups is 3. The van der Waals surface area contributed by atoms with E-state index in [4.69, 9.17) is 9.88 Å². The minimum Gasteiger partial charge on any atom is -0.456 e. The minimum absolute atomic E-state index is 0.0184. The zero-order chi connectivity index (χ0) is 21.4. The maximum atomic E-state index is 11.9. The predicted molar refractivity (Wildman–Crippen MR) is 108 cm³/mol. The van der Waals surface area contributed by atoms with E-state index in [1.165, 1.54) is 23.5 Å². The summed E-state index contributed by atoms with van der Waals surface area (Å²) in [6.45, 7) is 1.77. The number of ether oxygens (including phenoxy) is 1. The molecule has 8 nitrogen and oxygen atoms in total. The van der Waals surface area contributed by atoms with E-state index in [1.807, 2.05) is 13.0 Å². The summed E-state index contributed by atoms with van der Waals surface area (Å²) in [5.41, 5.74) is 0.817. The number of rotatable bonds is 10. The fourth-order valence-electron chi connectivity index (χ4n) is 2.38. The van der Waals surface area contributed by atoms with Gasteiger partial charge in [-0.1, -0.05) is 12.1 Å². The summed E-state index contributed by atoms with van der Waals surface area (Å²) in [7, 11) is -3.73. The van der Waals surface area contributed by atoms with Crippen LogP contribution in [0.5, 0.6) is 0 Å². The van der Waals surface area contributed by atoms with Crippen LogP contribution in [0.3, 0.4) is 0 Å². The lowest BCUT2D eigenvalue weighted by Crippen LogP contribution is -2.30. The molecule has 0 unspecified atom stereocenters. The Labute approximate surface area is 173 Å². The van der Waals surface area contributed by atoms with Gasteiger partial charge in [-0.25, -0.2) is 13.6 Å². The number of sulfonamides is 1. The third-order valence-electron chi connectivity index (χ3n) is 3.92. The zero-order valence-electron chi connectivity index (χ0n) is 15.8. The largest absolute Gasteiger partial charge is 0.456 e. The average molecular weight is 439 g/mol. The normalized spacial score (nSPS) is 11.1. The summed E-state index contributed by atoms with van der Waals surface area (Å²) >= 11 is 1.37. The molecular formula is C19H22N2O6S2. The summed E-state index contributed by atoms with van der Waals surface area (Å²) in [4.78, 5) is 37.0. The fraction of sp³-hybridized carbons (Fsp3) is 0.316. The molecule has 1 aromatic carbocycles. The van der Waals surface area contributed by atoms with Gasteiger partial charge in [0.15, 0.2) is 12.4 Å². The van der Waals surface area contributed by atoms with Crippen molar-refractivity contribution < 1.29 is 27.5 Å². The molecule has 10 heteroatoms. The highest BCUT2D eigenvalue weighted by atomic mass is 32.2. The molecule has 2 rings (SSSR count). The first kappa shape index (κ1) is 22.7. The smallest absolute Gasteiger partial charge is 0.306 e. The highest BCUT2D eigenvalue weighted by Crippen LogP contribution is 2.17. The van der Waals surface area contributed by atoms with Crippen LogP contribution in [0.4, 0.5) is 0 Å². The van der Waals surface area contributed by atoms with Gasteiger partial charge in [-0.2, -0.15) is 0 Å². The second-order valence-electron chi connectivity index (χ2n) is 6.28. The number of Topliss-reactive ketones (excluding diaryl/α,β-unsaturated/α-hetero) is 1. The molecule has 0 saturated heterocycles. The molecule has 0 radical (unpaired) electrons. The van der Waals surface area contributed by atoms with E-state index < -0.39 is 28.5 Å². The van der Waals surface area contributed by atoms with Crippen LogP contribution < -0.4 is 10.5 Å². The quantitative estimate of drug-likeness (QED) is 0.427. The van der Waals surface area contributed by atoms with Crippen LogP contribution in [0.1, 0.15) is 33.0 Å². The molecule has 3 N–H and O–H groups in total. The molecule has 29 heavy (non-hydrogen) atoms. The first-order valence-corrected chi connectivity index (χ1v) is 11.1. The van der Waals surface area contributed by atoms with Crippen LogP contribution in [-0.2, 0) is 30.8 Å². The fourth-order valence-corrected chi connectivity index (χ4v) is 3.73. The number of primary sulfonamides is 1. The third-order valence-corrected chi connectivity index (χ3v) is 5.89. The number of nitrogens with one attached hydrogen (secondary N) is 1. The Hall–Kier alpha value is -2.56. The molecule has 0 aliphatic heterocycles. The molecule has 0 bridgehead atoms. The van der Waals surface area contributed by atoms with E-state index in [-0.39, 0.29) is 23.5 Å². The van der Waals surface area contributed by atoms with Crippen LogP contribution in [0.2, 0.25) is 0 Å². The van der Waals surface area contributed by atoms with E-state index >= 15 is 0 Å². The van der Waals surface area contributed by atoms with Crippen molar-refractivity contribution in [2.75, 3.05) is 13.2 Å². The van der Waals surface area contributed by atoms with Crippen LogP contribution in [0.15, 0.2) is 41.3 Å².